The van der Waals surface area contributed by atoms with Crippen molar-refractivity contribution in [3.05, 3.63) is 30.3 Å². The highest BCUT2D eigenvalue weighted by Crippen LogP contribution is 2.23. The molecule has 0 aliphatic rings. The minimum atomic E-state index is -2.44. The van der Waals surface area contributed by atoms with Gasteiger partial charge in [0.2, 0.25) is 0 Å². The van der Waals surface area contributed by atoms with Crippen LogP contribution in [0.2, 0.25) is 45.3 Å². The van der Waals surface area contributed by atoms with E-state index < -0.39 is 35.9 Å². The van der Waals surface area contributed by atoms with E-state index in [1.165, 1.54) is 51.4 Å². The lowest BCUT2D eigenvalue weighted by Gasteiger charge is -2.35. The second-order valence-corrected chi connectivity index (χ2v) is 20.3. The van der Waals surface area contributed by atoms with Gasteiger partial charge in [0.15, 0.2) is 32.9 Å². The van der Waals surface area contributed by atoms with Crippen molar-refractivity contribution in [2.75, 3.05) is 6.61 Å². The fourth-order valence-corrected chi connectivity index (χ4v) is 16.5. The molecule has 0 aliphatic carbocycles. The van der Waals surface area contributed by atoms with Crippen LogP contribution in [0, 0.1) is 0 Å². The van der Waals surface area contributed by atoms with Gasteiger partial charge in [0.05, 0.1) is 6.61 Å². The maximum absolute atomic E-state index is 6.47. The van der Waals surface area contributed by atoms with Crippen molar-refractivity contribution in [3.63, 3.8) is 0 Å². The topological polar surface area (TPSA) is 46.2 Å². The average molecular weight is 517 g/mol. The highest BCUT2D eigenvalue weighted by Gasteiger charge is 2.42. The van der Waals surface area contributed by atoms with Gasteiger partial charge in [-0.1, -0.05) is 63.1 Å². The van der Waals surface area contributed by atoms with Gasteiger partial charge in [0, 0.05) is 6.04 Å². The summed E-state index contributed by atoms with van der Waals surface area (Å²) in [5, 5.41) is 0. The van der Waals surface area contributed by atoms with Crippen molar-refractivity contribution in [2.24, 2.45) is 0 Å². The normalized spacial score (nSPS) is 12.3. The Morgan fingerprint density at radius 2 is 1.03 bits per heavy atom. The van der Waals surface area contributed by atoms with Crippen LogP contribution in [0.4, 0.5) is 0 Å². The number of unbranched alkanes of at least 4 members (excludes halogenated alkanes) is 8. The first-order chi connectivity index (χ1) is 15.3. The van der Waals surface area contributed by atoms with Gasteiger partial charge in [0.1, 0.15) is 0 Å². The van der Waals surface area contributed by atoms with E-state index in [9.17, 15) is 0 Å². The van der Waals surface area contributed by atoms with Crippen LogP contribution < -0.4 is 4.89 Å². The summed E-state index contributed by atoms with van der Waals surface area (Å²) >= 11 is 0. The number of hydrogen-bond donors (Lipinski definition) is 0. The zero-order valence-electron chi connectivity index (χ0n) is 21.4. The molecule has 9 heteroatoms. The molecule has 0 unspecified atom stereocenters. The zero-order chi connectivity index (χ0) is 23.7. The molecule has 0 saturated carbocycles. The minimum Gasteiger partial charge on any atom is -0.420 e. The van der Waals surface area contributed by atoms with Gasteiger partial charge in [-0.2, -0.15) is 4.89 Å². The standard InChI is InChI=1S/C23H48O5Si4/c1-29(2)26-32(27-30(3)4,28-31(5)6)22-18-13-11-9-7-8-10-12-17-21-24-25-23-19-15-14-16-20-23/h14-16,19-20,29-31H,7-13,17-18,21-22H2,1-6H3. The summed E-state index contributed by atoms with van der Waals surface area (Å²) in [5.74, 6) is 0.765. The first-order valence-corrected chi connectivity index (χ1v) is 23.0. The van der Waals surface area contributed by atoms with Crippen molar-refractivity contribution in [2.45, 2.75) is 103 Å². The molecular formula is C23H48O5Si4. The summed E-state index contributed by atoms with van der Waals surface area (Å²) in [7, 11) is -5.98. The predicted octanol–water partition coefficient (Wildman–Crippen LogP) is 6.45. The van der Waals surface area contributed by atoms with Crippen LogP contribution in [0.15, 0.2) is 30.3 Å². The highest BCUT2D eigenvalue weighted by molar-refractivity contribution is 6.79. The third kappa shape index (κ3) is 15.5. The fourth-order valence-electron chi connectivity index (χ4n) is 3.66. The molecule has 1 rings (SSSR count). The maximum Gasteiger partial charge on any atom is 0.468 e. The second kappa shape index (κ2) is 18.1. The van der Waals surface area contributed by atoms with Crippen LogP contribution in [0.5, 0.6) is 5.75 Å². The molecule has 1 aromatic carbocycles. The van der Waals surface area contributed by atoms with E-state index in [0.29, 0.717) is 6.61 Å². The molecule has 5 nitrogen and oxygen atoms in total. The fraction of sp³-hybridized carbons (Fsp3) is 0.739. The molecule has 0 fully saturated rings. The Bertz CT molecular complexity index is 534. The molecule has 0 heterocycles. The molecule has 0 bridgehead atoms. The molecule has 0 aliphatic heterocycles. The van der Waals surface area contributed by atoms with Gasteiger partial charge in [-0.3, -0.25) is 0 Å². The van der Waals surface area contributed by atoms with Gasteiger partial charge in [-0.25, -0.2) is 0 Å². The van der Waals surface area contributed by atoms with E-state index >= 15 is 0 Å². The smallest absolute Gasteiger partial charge is 0.420 e. The lowest BCUT2D eigenvalue weighted by Crippen LogP contribution is -2.53. The first-order valence-electron chi connectivity index (χ1n) is 12.7. The van der Waals surface area contributed by atoms with Crippen molar-refractivity contribution in [1.29, 1.82) is 0 Å². The summed E-state index contributed by atoms with van der Waals surface area (Å²) < 4.78 is 19.4. The molecule has 0 aromatic heterocycles. The number of benzene rings is 1. The second-order valence-electron chi connectivity index (χ2n) is 9.33. The van der Waals surface area contributed by atoms with E-state index in [4.69, 9.17) is 22.1 Å². The molecule has 1 aromatic rings. The van der Waals surface area contributed by atoms with Gasteiger partial charge < -0.3 is 17.2 Å². The summed E-state index contributed by atoms with van der Waals surface area (Å²) in [6.07, 6.45) is 11.2. The SMILES string of the molecule is C[SiH](C)O[Si](CCCCCCCCCCCOOc1ccccc1)(O[SiH](C)C)O[SiH](C)C. The van der Waals surface area contributed by atoms with Crippen LogP contribution in [-0.4, -0.2) is 42.5 Å². The van der Waals surface area contributed by atoms with E-state index in [2.05, 4.69) is 39.3 Å². The van der Waals surface area contributed by atoms with Crippen LogP contribution in [0.1, 0.15) is 57.8 Å². The van der Waals surface area contributed by atoms with E-state index in [1.807, 2.05) is 30.3 Å². The number of rotatable bonds is 20. The van der Waals surface area contributed by atoms with E-state index in [1.54, 1.807) is 0 Å². The molecule has 0 radical (unpaired) electrons. The summed E-state index contributed by atoms with van der Waals surface area (Å²) in [4.78, 5) is 10.5. The Kier molecular flexibility index (Phi) is 16.8. The predicted molar refractivity (Wildman–Crippen MR) is 145 cm³/mol. The Balaban J connectivity index is 2.07. The number of hydrogen-bond acceptors (Lipinski definition) is 5. The Labute approximate surface area is 203 Å². The van der Waals surface area contributed by atoms with Gasteiger partial charge in [-0.15, -0.1) is 0 Å². The lowest BCUT2D eigenvalue weighted by molar-refractivity contribution is -0.207. The third-order valence-electron chi connectivity index (χ3n) is 4.85. The van der Waals surface area contributed by atoms with Crippen molar-refractivity contribution in [3.8, 4) is 5.75 Å². The molecule has 32 heavy (non-hydrogen) atoms. The molecule has 0 amide bonds. The first kappa shape index (κ1) is 29.8. The molecule has 186 valence electrons. The van der Waals surface area contributed by atoms with E-state index in [-0.39, 0.29) is 0 Å². The summed E-state index contributed by atoms with van der Waals surface area (Å²) in [5.41, 5.74) is 0. The maximum atomic E-state index is 6.47. The Hall–Kier alpha value is -0.272. The molecular weight excluding hydrogens is 469 g/mol. The van der Waals surface area contributed by atoms with Gasteiger partial charge >= 0.3 is 8.80 Å². The van der Waals surface area contributed by atoms with Crippen molar-refractivity contribution in [1.82, 2.24) is 0 Å². The van der Waals surface area contributed by atoms with Crippen molar-refractivity contribution >= 4 is 35.9 Å². The molecule has 0 spiro atoms. The Morgan fingerprint density at radius 3 is 1.50 bits per heavy atom. The summed E-state index contributed by atoms with van der Waals surface area (Å²) in [6.45, 7) is 14.1. The number of para-hydroxylation sites is 1. The van der Waals surface area contributed by atoms with Crippen LogP contribution in [0.25, 0.3) is 0 Å². The average Bonchev–Trinajstić information content (AvgIpc) is 2.70. The third-order valence-corrected chi connectivity index (χ3v) is 15.8. The molecule has 0 saturated heterocycles. The largest absolute Gasteiger partial charge is 0.468 e. The van der Waals surface area contributed by atoms with Crippen LogP contribution >= 0.6 is 0 Å². The Morgan fingerprint density at radius 1 is 0.594 bits per heavy atom. The minimum absolute atomic E-state index is 0.657. The lowest BCUT2D eigenvalue weighted by atomic mass is 10.1. The van der Waals surface area contributed by atoms with Gasteiger partial charge in [-0.05, 0) is 64.3 Å². The highest BCUT2D eigenvalue weighted by atomic mass is 28.5. The van der Waals surface area contributed by atoms with Gasteiger partial charge in [0.25, 0.3) is 0 Å². The molecule has 0 N–H and O–H groups in total. The van der Waals surface area contributed by atoms with E-state index in [0.717, 1.165) is 18.2 Å². The monoisotopic (exact) mass is 516 g/mol. The van der Waals surface area contributed by atoms with Crippen LogP contribution in [-0.2, 0) is 17.2 Å². The zero-order valence-corrected chi connectivity index (χ0v) is 25.9. The van der Waals surface area contributed by atoms with Crippen molar-refractivity contribution < 1.29 is 22.1 Å². The molecule has 0 atom stereocenters. The van der Waals surface area contributed by atoms with Crippen LogP contribution in [0.3, 0.4) is 0 Å². The summed E-state index contributed by atoms with van der Waals surface area (Å²) in [6, 6.07) is 10.7. The quantitative estimate of drug-likeness (QED) is 0.0863.